The quantitative estimate of drug-likeness (QED) is 0.369. The van der Waals surface area contributed by atoms with Crippen LogP contribution >= 0.6 is 0 Å². The number of nitrogens with one attached hydrogen (secondary N) is 2. The Bertz CT molecular complexity index is 1590. The molecule has 4 heterocycles. The topological polar surface area (TPSA) is 103 Å². The summed E-state index contributed by atoms with van der Waals surface area (Å²) < 4.78 is 13.9. The molecule has 0 bridgehead atoms. The van der Waals surface area contributed by atoms with Crippen molar-refractivity contribution in [3.05, 3.63) is 79.0 Å². The number of imidazole rings is 1. The minimum Gasteiger partial charge on any atom is -0.508 e. The number of H-pyrrole nitrogens is 2. The van der Waals surface area contributed by atoms with Crippen LogP contribution in [-0.2, 0) is 0 Å². The molecule has 0 spiro atoms. The highest BCUT2D eigenvalue weighted by Gasteiger charge is 2.17. The highest BCUT2D eigenvalue weighted by Crippen LogP contribution is 2.33. The summed E-state index contributed by atoms with van der Waals surface area (Å²) in [6.07, 6.45) is 5.13. The van der Waals surface area contributed by atoms with Gasteiger partial charge < -0.3 is 10.1 Å². The number of aromatic nitrogens is 6. The maximum absolute atomic E-state index is 13.9. The predicted octanol–water partition coefficient (Wildman–Crippen LogP) is 5.07. The Morgan fingerprint density at radius 2 is 1.66 bits per heavy atom. The number of nitrogens with zero attached hydrogens (tertiary/aromatic N) is 4. The molecule has 32 heavy (non-hydrogen) atoms. The van der Waals surface area contributed by atoms with Gasteiger partial charge in [0.15, 0.2) is 5.82 Å². The van der Waals surface area contributed by atoms with Crippen molar-refractivity contribution in [3.8, 4) is 39.7 Å². The Labute approximate surface area is 180 Å². The number of pyridine rings is 2. The van der Waals surface area contributed by atoms with Crippen LogP contribution in [0.4, 0.5) is 4.39 Å². The highest BCUT2D eigenvalue weighted by atomic mass is 19.1. The minimum absolute atomic E-state index is 0.170. The molecule has 0 amide bonds. The molecule has 6 rings (SSSR count). The molecule has 3 N–H and O–H groups in total. The zero-order valence-corrected chi connectivity index (χ0v) is 16.5. The maximum Gasteiger partial charge on any atom is 0.159 e. The van der Waals surface area contributed by atoms with E-state index in [1.54, 1.807) is 24.7 Å². The van der Waals surface area contributed by atoms with E-state index in [2.05, 4.69) is 31.2 Å². The third kappa shape index (κ3) is 2.97. The van der Waals surface area contributed by atoms with Gasteiger partial charge >= 0.3 is 0 Å². The molecule has 7 nitrogen and oxygen atoms in total. The summed E-state index contributed by atoms with van der Waals surface area (Å²) >= 11 is 0. The molecule has 8 heteroatoms. The molecule has 154 valence electrons. The molecule has 0 aliphatic carbocycles. The summed E-state index contributed by atoms with van der Waals surface area (Å²) in [5.74, 6) is -0.152. The number of fused-ring (bicyclic) bond motifs is 2. The summed E-state index contributed by atoms with van der Waals surface area (Å²) in [6, 6.07) is 15.6. The molecule has 0 fully saturated rings. The average Bonchev–Trinajstić information content (AvgIpc) is 3.42. The van der Waals surface area contributed by atoms with E-state index in [0.29, 0.717) is 28.3 Å². The number of benzene rings is 2. The van der Waals surface area contributed by atoms with Gasteiger partial charge in [-0.3, -0.25) is 15.1 Å². The molecule has 0 saturated carbocycles. The van der Waals surface area contributed by atoms with Crippen molar-refractivity contribution in [1.29, 1.82) is 0 Å². The van der Waals surface area contributed by atoms with Crippen molar-refractivity contribution >= 4 is 21.9 Å². The minimum atomic E-state index is -0.545. The van der Waals surface area contributed by atoms with Gasteiger partial charge in [-0.1, -0.05) is 6.07 Å². The normalized spacial score (nSPS) is 11.4. The fourth-order valence-corrected chi connectivity index (χ4v) is 3.89. The van der Waals surface area contributed by atoms with Crippen molar-refractivity contribution in [2.45, 2.75) is 0 Å². The Balaban J connectivity index is 1.52. The molecule has 0 saturated heterocycles. The van der Waals surface area contributed by atoms with Gasteiger partial charge in [0, 0.05) is 35.6 Å². The standard InChI is InChI=1S/C24H15FN6O/c25-16-9-15(10-17(32)12-16)21-23-20(5-8-27-21)28-24(29-23)22-18-11-14(1-2-19(18)30-31-22)13-3-6-26-7-4-13/h1-12,32H,(H,28,29)(H,30,31). The Hall–Kier alpha value is -4.59. The second kappa shape index (κ2) is 6.98. The number of hydrogen-bond donors (Lipinski definition) is 3. The molecular formula is C24H15FN6O. The highest BCUT2D eigenvalue weighted by molar-refractivity contribution is 5.97. The number of phenolic OH excluding ortho intramolecular Hbond substituents is 1. The van der Waals surface area contributed by atoms with Gasteiger partial charge in [-0.25, -0.2) is 9.37 Å². The Morgan fingerprint density at radius 1 is 0.781 bits per heavy atom. The molecule has 0 aliphatic rings. The SMILES string of the molecule is Oc1cc(F)cc(-c2nccc3[nH]c(-c4n[nH]c5ccc(-c6ccncc6)cc45)nc23)c1. The van der Waals surface area contributed by atoms with Gasteiger partial charge in [0.05, 0.1) is 16.7 Å². The molecule has 0 unspecified atom stereocenters. The first-order valence-corrected chi connectivity index (χ1v) is 9.89. The molecule has 0 aliphatic heterocycles. The van der Waals surface area contributed by atoms with Crippen LogP contribution < -0.4 is 0 Å². The number of aromatic hydroxyl groups is 1. The zero-order chi connectivity index (χ0) is 21.7. The van der Waals surface area contributed by atoms with Crippen LogP contribution in [-0.4, -0.2) is 35.2 Å². The lowest BCUT2D eigenvalue weighted by Crippen LogP contribution is -1.87. The van der Waals surface area contributed by atoms with Gasteiger partial charge in [-0.15, -0.1) is 0 Å². The van der Waals surface area contributed by atoms with E-state index in [1.165, 1.54) is 12.1 Å². The lowest BCUT2D eigenvalue weighted by molar-refractivity contribution is 0.469. The fourth-order valence-electron chi connectivity index (χ4n) is 3.89. The maximum atomic E-state index is 13.9. The monoisotopic (exact) mass is 422 g/mol. The van der Waals surface area contributed by atoms with Crippen molar-refractivity contribution in [2.24, 2.45) is 0 Å². The van der Waals surface area contributed by atoms with Crippen LogP contribution in [0, 0.1) is 5.82 Å². The van der Waals surface area contributed by atoms with E-state index in [9.17, 15) is 9.50 Å². The molecule has 0 atom stereocenters. The number of phenols is 1. The van der Waals surface area contributed by atoms with E-state index >= 15 is 0 Å². The van der Waals surface area contributed by atoms with E-state index in [1.807, 2.05) is 24.3 Å². The van der Waals surface area contributed by atoms with Crippen LogP contribution in [0.25, 0.3) is 55.8 Å². The Kier molecular flexibility index (Phi) is 3.97. The van der Waals surface area contributed by atoms with Crippen LogP contribution in [0.1, 0.15) is 0 Å². The number of rotatable bonds is 3. The van der Waals surface area contributed by atoms with E-state index < -0.39 is 5.82 Å². The lowest BCUT2D eigenvalue weighted by atomic mass is 10.0. The first kappa shape index (κ1) is 18.2. The molecule has 6 aromatic rings. The van der Waals surface area contributed by atoms with Gasteiger partial charge in [0.2, 0.25) is 0 Å². The fraction of sp³-hybridized carbons (Fsp3) is 0. The van der Waals surface area contributed by atoms with Gasteiger partial charge in [0.1, 0.15) is 22.8 Å². The molecule has 2 aromatic carbocycles. The average molecular weight is 422 g/mol. The van der Waals surface area contributed by atoms with Crippen molar-refractivity contribution in [3.63, 3.8) is 0 Å². The van der Waals surface area contributed by atoms with Crippen molar-refractivity contribution in [2.75, 3.05) is 0 Å². The first-order chi connectivity index (χ1) is 15.7. The summed E-state index contributed by atoms with van der Waals surface area (Å²) in [4.78, 5) is 16.5. The van der Waals surface area contributed by atoms with Crippen LogP contribution in [0.5, 0.6) is 5.75 Å². The van der Waals surface area contributed by atoms with Crippen LogP contribution in [0.3, 0.4) is 0 Å². The van der Waals surface area contributed by atoms with Gasteiger partial charge in [0.25, 0.3) is 0 Å². The summed E-state index contributed by atoms with van der Waals surface area (Å²) in [5, 5.41) is 18.2. The first-order valence-electron chi connectivity index (χ1n) is 9.89. The second-order valence-electron chi connectivity index (χ2n) is 7.41. The predicted molar refractivity (Wildman–Crippen MR) is 119 cm³/mol. The van der Waals surface area contributed by atoms with Crippen LogP contribution in [0.2, 0.25) is 0 Å². The summed E-state index contributed by atoms with van der Waals surface area (Å²) in [5.41, 5.74) is 5.85. The van der Waals surface area contributed by atoms with Crippen molar-refractivity contribution < 1.29 is 9.50 Å². The third-order valence-electron chi connectivity index (χ3n) is 5.36. The smallest absolute Gasteiger partial charge is 0.159 e. The second-order valence-corrected chi connectivity index (χ2v) is 7.41. The van der Waals surface area contributed by atoms with Crippen LogP contribution in [0.15, 0.2) is 73.2 Å². The lowest BCUT2D eigenvalue weighted by Gasteiger charge is -2.03. The third-order valence-corrected chi connectivity index (χ3v) is 5.36. The van der Waals surface area contributed by atoms with E-state index in [4.69, 9.17) is 4.98 Å². The van der Waals surface area contributed by atoms with Gasteiger partial charge in [-0.05, 0) is 53.6 Å². The zero-order valence-electron chi connectivity index (χ0n) is 16.5. The van der Waals surface area contributed by atoms with Crippen molar-refractivity contribution in [1.82, 2.24) is 30.1 Å². The number of aromatic amines is 2. The Morgan fingerprint density at radius 3 is 2.50 bits per heavy atom. The summed E-state index contributed by atoms with van der Waals surface area (Å²) in [7, 11) is 0. The van der Waals surface area contributed by atoms with E-state index in [0.717, 1.165) is 33.6 Å². The largest absolute Gasteiger partial charge is 0.508 e. The molecule has 4 aromatic heterocycles. The van der Waals surface area contributed by atoms with Gasteiger partial charge in [-0.2, -0.15) is 5.10 Å². The molecule has 0 radical (unpaired) electrons. The number of hydrogen-bond acceptors (Lipinski definition) is 5. The number of halogens is 1. The van der Waals surface area contributed by atoms with E-state index in [-0.39, 0.29) is 5.75 Å². The summed E-state index contributed by atoms with van der Waals surface area (Å²) in [6.45, 7) is 0. The molecular weight excluding hydrogens is 407 g/mol.